The number of anilines is 2. The Morgan fingerprint density at radius 1 is 1.08 bits per heavy atom. The second-order valence-electron chi connectivity index (χ2n) is 5.95. The predicted molar refractivity (Wildman–Crippen MR) is 91.1 cm³/mol. The molecule has 0 radical (unpaired) electrons. The standard InChI is InChI=1S/C18H15N3O3/c1-19-15-5-3-2-4-14(15)18-16(19)10-11-17(22)20(18)12-6-8-13(9-7-12)21(23)24/h2-11,16,18H,1H3. The Balaban J connectivity index is 1.81. The maximum absolute atomic E-state index is 12.6. The Labute approximate surface area is 138 Å². The lowest BCUT2D eigenvalue weighted by atomic mass is 9.97. The lowest BCUT2D eigenvalue weighted by Crippen LogP contribution is -2.44. The van der Waals surface area contributed by atoms with Gasteiger partial charge in [-0.25, -0.2) is 0 Å². The van der Waals surface area contributed by atoms with Crippen LogP contribution in [0.25, 0.3) is 0 Å². The van der Waals surface area contributed by atoms with Gasteiger partial charge in [0.1, 0.15) is 0 Å². The van der Waals surface area contributed by atoms with E-state index in [1.807, 2.05) is 37.4 Å². The van der Waals surface area contributed by atoms with Gasteiger partial charge in [-0.2, -0.15) is 0 Å². The summed E-state index contributed by atoms with van der Waals surface area (Å²) in [4.78, 5) is 26.8. The van der Waals surface area contributed by atoms with E-state index in [-0.39, 0.29) is 23.7 Å². The van der Waals surface area contributed by atoms with E-state index in [1.54, 1.807) is 23.1 Å². The zero-order valence-electron chi connectivity index (χ0n) is 13.0. The molecule has 6 nitrogen and oxygen atoms in total. The molecule has 6 heteroatoms. The molecular formula is C18H15N3O3. The van der Waals surface area contributed by atoms with E-state index in [4.69, 9.17) is 0 Å². The van der Waals surface area contributed by atoms with Crippen LogP contribution in [0.1, 0.15) is 11.6 Å². The first kappa shape index (κ1) is 14.4. The number of fused-ring (bicyclic) bond motifs is 3. The van der Waals surface area contributed by atoms with Gasteiger partial charge >= 0.3 is 0 Å². The fourth-order valence-corrected chi connectivity index (χ4v) is 3.56. The predicted octanol–water partition coefficient (Wildman–Crippen LogP) is 3.06. The van der Waals surface area contributed by atoms with Crippen LogP contribution in [0, 0.1) is 10.1 Å². The Morgan fingerprint density at radius 3 is 2.50 bits per heavy atom. The maximum atomic E-state index is 12.6. The minimum atomic E-state index is -0.441. The summed E-state index contributed by atoms with van der Waals surface area (Å²) < 4.78 is 0. The minimum absolute atomic E-state index is 0.0132. The molecule has 2 aromatic rings. The topological polar surface area (TPSA) is 66.7 Å². The van der Waals surface area contributed by atoms with Gasteiger partial charge in [0.25, 0.3) is 11.6 Å². The number of non-ortho nitro benzene ring substituents is 1. The second kappa shape index (κ2) is 5.19. The SMILES string of the molecule is CN1c2ccccc2C2C1C=CC(=O)N2c1ccc([N+](=O)[O-])cc1. The van der Waals surface area contributed by atoms with Gasteiger partial charge in [0, 0.05) is 42.2 Å². The van der Waals surface area contributed by atoms with E-state index in [9.17, 15) is 14.9 Å². The monoisotopic (exact) mass is 321 g/mol. The normalized spacial score (nSPS) is 21.6. The summed E-state index contributed by atoms with van der Waals surface area (Å²) in [5, 5.41) is 10.8. The van der Waals surface area contributed by atoms with Crippen LogP contribution in [0.15, 0.2) is 60.7 Å². The summed E-state index contributed by atoms with van der Waals surface area (Å²) in [7, 11) is 2.01. The average Bonchev–Trinajstić information content (AvgIpc) is 2.88. The van der Waals surface area contributed by atoms with Gasteiger partial charge in [-0.1, -0.05) is 24.3 Å². The quantitative estimate of drug-likeness (QED) is 0.630. The lowest BCUT2D eigenvalue weighted by molar-refractivity contribution is -0.384. The lowest BCUT2D eigenvalue weighted by Gasteiger charge is -2.36. The molecule has 120 valence electrons. The van der Waals surface area contributed by atoms with Crippen LogP contribution < -0.4 is 9.80 Å². The number of para-hydroxylation sites is 1. The van der Waals surface area contributed by atoms with E-state index in [0.29, 0.717) is 5.69 Å². The Morgan fingerprint density at radius 2 is 1.79 bits per heavy atom. The van der Waals surface area contributed by atoms with E-state index < -0.39 is 4.92 Å². The Hall–Kier alpha value is -3.15. The molecule has 2 heterocycles. The molecule has 0 saturated heterocycles. The van der Waals surface area contributed by atoms with E-state index in [1.165, 1.54) is 12.1 Å². The molecule has 0 spiro atoms. The fraction of sp³-hybridized carbons (Fsp3) is 0.167. The summed E-state index contributed by atoms with van der Waals surface area (Å²) in [5.41, 5.74) is 2.86. The molecule has 0 saturated carbocycles. The number of carbonyl (C=O) groups is 1. The highest BCUT2D eigenvalue weighted by atomic mass is 16.6. The molecule has 2 aliphatic heterocycles. The summed E-state index contributed by atoms with van der Waals surface area (Å²) in [6.45, 7) is 0. The molecule has 1 amide bonds. The van der Waals surface area contributed by atoms with Crippen LogP contribution in [0.5, 0.6) is 0 Å². The summed E-state index contributed by atoms with van der Waals surface area (Å²) in [6, 6.07) is 14.1. The van der Waals surface area contributed by atoms with E-state index in [2.05, 4.69) is 4.90 Å². The third-order valence-electron chi connectivity index (χ3n) is 4.70. The van der Waals surface area contributed by atoms with Crippen molar-refractivity contribution in [2.24, 2.45) is 0 Å². The van der Waals surface area contributed by atoms with Gasteiger partial charge < -0.3 is 4.90 Å². The van der Waals surface area contributed by atoms with Crippen molar-refractivity contribution in [2.45, 2.75) is 12.1 Å². The number of hydrogen-bond donors (Lipinski definition) is 0. The highest BCUT2D eigenvalue weighted by molar-refractivity contribution is 6.04. The molecule has 2 atom stereocenters. The van der Waals surface area contributed by atoms with Gasteiger partial charge in [-0.15, -0.1) is 0 Å². The molecule has 2 aliphatic rings. The Bertz CT molecular complexity index is 860. The number of hydrogen-bond acceptors (Lipinski definition) is 4. The fourth-order valence-electron chi connectivity index (χ4n) is 3.56. The zero-order valence-corrected chi connectivity index (χ0v) is 13.0. The number of carbonyl (C=O) groups excluding carboxylic acids is 1. The second-order valence-corrected chi connectivity index (χ2v) is 5.95. The van der Waals surface area contributed by atoms with Gasteiger partial charge in [0.15, 0.2) is 0 Å². The molecule has 24 heavy (non-hydrogen) atoms. The summed E-state index contributed by atoms with van der Waals surface area (Å²) in [6.07, 6.45) is 3.50. The van der Waals surface area contributed by atoms with Crippen molar-refractivity contribution >= 4 is 23.0 Å². The number of likely N-dealkylation sites (N-methyl/N-ethyl adjacent to an activating group) is 1. The van der Waals surface area contributed by atoms with E-state index >= 15 is 0 Å². The van der Waals surface area contributed by atoms with Crippen molar-refractivity contribution in [2.75, 3.05) is 16.8 Å². The maximum Gasteiger partial charge on any atom is 0.269 e. The molecule has 0 aliphatic carbocycles. The van der Waals surface area contributed by atoms with Crippen LogP contribution in [-0.4, -0.2) is 23.9 Å². The highest BCUT2D eigenvalue weighted by Crippen LogP contribution is 2.45. The van der Waals surface area contributed by atoms with Crippen molar-refractivity contribution in [1.29, 1.82) is 0 Å². The third-order valence-corrected chi connectivity index (χ3v) is 4.70. The molecule has 0 fully saturated rings. The zero-order chi connectivity index (χ0) is 16.8. The van der Waals surface area contributed by atoms with E-state index in [0.717, 1.165) is 11.3 Å². The number of benzene rings is 2. The smallest absolute Gasteiger partial charge is 0.269 e. The highest BCUT2D eigenvalue weighted by Gasteiger charge is 2.43. The summed E-state index contributed by atoms with van der Waals surface area (Å²) in [5.74, 6) is -0.116. The first-order valence-electron chi connectivity index (χ1n) is 7.65. The first-order chi connectivity index (χ1) is 11.6. The van der Waals surface area contributed by atoms with Gasteiger partial charge in [0.2, 0.25) is 0 Å². The van der Waals surface area contributed by atoms with Gasteiger partial charge in [-0.3, -0.25) is 19.8 Å². The molecule has 0 aromatic heterocycles. The van der Waals surface area contributed by atoms with Gasteiger partial charge in [0.05, 0.1) is 17.0 Å². The van der Waals surface area contributed by atoms with Crippen molar-refractivity contribution in [3.05, 3.63) is 76.4 Å². The van der Waals surface area contributed by atoms with Crippen LogP contribution >= 0.6 is 0 Å². The van der Waals surface area contributed by atoms with Crippen LogP contribution in [0.4, 0.5) is 17.1 Å². The molecule has 0 bridgehead atoms. The Kier molecular flexibility index (Phi) is 3.13. The minimum Gasteiger partial charge on any atom is -0.365 e. The van der Waals surface area contributed by atoms with Crippen molar-refractivity contribution < 1.29 is 9.72 Å². The average molecular weight is 321 g/mol. The molecule has 2 aromatic carbocycles. The van der Waals surface area contributed by atoms with Crippen molar-refractivity contribution in [1.82, 2.24) is 0 Å². The molecule has 4 rings (SSSR count). The largest absolute Gasteiger partial charge is 0.365 e. The van der Waals surface area contributed by atoms with Crippen LogP contribution in [0.3, 0.4) is 0 Å². The van der Waals surface area contributed by atoms with Crippen LogP contribution in [0.2, 0.25) is 0 Å². The van der Waals surface area contributed by atoms with Crippen molar-refractivity contribution in [3.63, 3.8) is 0 Å². The number of amides is 1. The summed E-state index contributed by atoms with van der Waals surface area (Å²) >= 11 is 0. The number of nitro groups is 1. The molecular weight excluding hydrogens is 306 g/mol. The van der Waals surface area contributed by atoms with Gasteiger partial charge in [-0.05, 0) is 18.2 Å². The number of nitro benzene ring substituents is 1. The first-order valence-corrected chi connectivity index (χ1v) is 7.65. The third kappa shape index (κ3) is 2.00. The number of rotatable bonds is 2. The van der Waals surface area contributed by atoms with Crippen LogP contribution in [-0.2, 0) is 4.79 Å². The molecule has 0 N–H and O–H groups in total. The molecule has 2 unspecified atom stereocenters. The number of nitrogens with zero attached hydrogens (tertiary/aromatic N) is 3. The van der Waals surface area contributed by atoms with Crippen molar-refractivity contribution in [3.8, 4) is 0 Å².